The Morgan fingerprint density at radius 2 is 2.12 bits per heavy atom. The van der Waals surface area contributed by atoms with Crippen LogP contribution in [-0.4, -0.2) is 17.2 Å². The molecule has 0 radical (unpaired) electrons. The molecule has 0 fully saturated rings. The number of esters is 1. The van der Waals surface area contributed by atoms with Gasteiger partial charge in [0.05, 0.1) is 0 Å². The molecule has 1 aliphatic carbocycles. The van der Waals surface area contributed by atoms with Gasteiger partial charge in [0.15, 0.2) is 0 Å². The van der Waals surface area contributed by atoms with Crippen LogP contribution in [0.2, 0.25) is 0 Å². The van der Waals surface area contributed by atoms with E-state index >= 15 is 0 Å². The molecule has 1 aliphatic rings. The fraction of sp³-hybridized carbons (Fsp3) is 0.308. The molecule has 0 heterocycles. The summed E-state index contributed by atoms with van der Waals surface area (Å²) >= 11 is 0. The van der Waals surface area contributed by atoms with Gasteiger partial charge in [-0.3, -0.25) is 0 Å². The van der Waals surface area contributed by atoms with Crippen LogP contribution < -0.4 is 0 Å². The van der Waals surface area contributed by atoms with Crippen molar-refractivity contribution in [3.63, 3.8) is 0 Å². The molecule has 84 valence electrons. The molecule has 1 aromatic carbocycles. The molecule has 0 saturated carbocycles. The van der Waals surface area contributed by atoms with Gasteiger partial charge in [0.1, 0.15) is 11.9 Å². The van der Waals surface area contributed by atoms with Gasteiger partial charge in [-0.1, -0.05) is 12.6 Å². The fourth-order valence-electron chi connectivity index (χ4n) is 1.90. The Kier molecular flexibility index (Phi) is 2.69. The van der Waals surface area contributed by atoms with Crippen molar-refractivity contribution in [3.8, 4) is 5.75 Å². The lowest BCUT2D eigenvalue weighted by Crippen LogP contribution is -2.18. The molecule has 16 heavy (non-hydrogen) atoms. The van der Waals surface area contributed by atoms with E-state index in [1.54, 1.807) is 19.1 Å². The van der Waals surface area contributed by atoms with Crippen LogP contribution in [0.3, 0.4) is 0 Å². The number of rotatable bonds is 2. The molecule has 0 aromatic heterocycles. The lowest BCUT2D eigenvalue weighted by atomic mass is 10.1. The third kappa shape index (κ3) is 2.08. The van der Waals surface area contributed by atoms with Crippen LogP contribution in [0.5, 0.6) is 5.75 Å². The molecular formula is C13H14O3. The van der Waals surface area contributed by atoms with E-state index in [0.29, 0.717) is 18.4 Å². The average Bonchev–Trinajstić information content (AvgIpc) is 2.58. The van der Waals surface area contributed by atoms with E-state index in [0.717, 1.165) is 11.1 Å². The molecular weight excluding hydrogens is 204 g/mol. The highest BCUT2D eigenvalue weighted by Gasteiger charge is 2.24. The lowest BCUT2D eigenvalue weighted by Gasteiger charge is -2.10. The van der Waals surface area contributed by atoms with Gasteiger partial charge >= 0.3 is 5.97 Å². The summed E-state index contributed by atoms with van der Waals surface area (Å²) in [7, 11) is 0. The highest BCUT2D eigenvalue weighted by Crippen LogP contribution is 2.27. The highest BCUT2D eigenvalue weighted by molar-refractivity contribution is 5.87. The largest absolute Gasteiger partial charge is 0.508 e. The van der Waals surface area contributed by atoms with E-state index in [-0.39, 0.29) is 17.8 Å². The molecule has 0 amide bonds. The summed E-state index contributed by atoms with van der Waals surface area (Å²) in [6.45, 7) is 5.18. The Labute approximate surface area is 94.4 Å². The zero-order valence-corrected chi connectivity index (χ0v) is 9.19. The van der Waals surface area contributed by atoms with Crippen molar-refractivity contribution >= 4 is 5.97 Å². The summed E-state index contributed by atoms with van der Waals surface area (Å²) in [5, 5.41) is 9.33. The zero-order valence-electron chi connectivity index (χ0n) is 9.19. The summed E-state index contributed by atoms with van der Waals surface area (Å²) in [5.74, 6) is -0.0901. The normalized spacial score (nSPS) is 17.9. The van der Waals surface area contributed by atoms with Gasteiger partial charge in [-0.15, -0.1) is 0 Å². The van der Waals surface area contributed by atoms with Crippen molar-refractivity contribution < 1.29 is 14.6 Å². The van der Waals surface area contributed by atoms with Crippen molar-refractivity contribution in [2.45, 2.75) is 25.9 Å². The second-order valence-corrected chi connectivity index (χ2v) is 4.17. The van der Waals surface area contributed by atoms with Gasteiger partial charge in [0.2, 0.25) is 0 Å². The maximum absolute atomic E-state index is 11.3. The van der Waals surface area contributed by atoms with Crippen LogP contribution in [0.4, 0.5) is 0 Å². The summed E-state index contributed by atoms with van der Waals surface area (Å²) in [4.78, 5) is 11.3. The van der Waals surface area contributed by atoms with Gasteiger partial charge in [0.25, 0.3) is 0 Å². The third-order valence-corrected chi connectivity index (χ3v) is 2.71. The summed E-state index contributed by atoms with van der Waals surface area (Å²) in [6.07, 6.45) is 1.26. The van der Waals surface area contributed by atoms with E-state index < -0.39 is 0 Å². The zero-order chi connectivity index (χ0) is 11.7. The Bertz CT molecular complexity index is 448. The number of hydrogen-bond acceptors (Lipinski definition) is 3. The number of fused-ring (bicyclic) bond motifs is 1. The Hall–Kier alpha value is -1.77. The molecule has 0 bridgehead atoms. The number of phenolic OH excluding ortho intramolecular Hbond substituents is 1. The van der Waals surface area contributed by atoms with E-state index in [4.69, 9.17) is 4.74 Å². The molecule has 0 spiro atoms. The van der Waals surface area contributed by atoms with Crippen molar-refractivity contribution in [2.24, 2.45) is 0 Å². The minimum atomic E-state index is -0.345. The van der Waals surface area contributed by atoms with Crippen molar-refractivity contribution in [2.75, 3.05) is 0 Å². The van der Waals surface area contributed by atoms with Gasteiger partial charge < -0.3 is 9.84 Å². The van der Waals surface area contributed by atoms with Gasteiger partial charge in [-0.05, 0) is 30.2 Å². The van der Waals surface area contributed by atoms with E-state index in [9.17, 15) is 9.90 Å². The number of benzene rings is 1. The number of phenols is 1. The van der Waals surface area contributed by atoms with E-state index in [1.165, 1.54) is 0 Å². The second-order valence-electron chi connectivity index (χ2n) is 4.17. The summed E-state index contributed by atoms with van der Waals surface area (Å²) in [6, 6.07) is 5.25. The Morgan fingerprint density at radius 1 is 1.44 bits per heavy atom. The van der Waals surface area contributed by atoms with Gasteiger partial charge in [0, 0.05) is 18.4 Å². The molecule has 0 aliphatic heterocycles. The van der Waals surface area contributed by atoms with E-state index in [2.05, 4.69) is 6.58 Å². The van der Waals surface area contributed by atoms with Gasteiger partial charge in [-0.2, -0.15) is 0 Å². The Morgan fingerprint density at radius 3 is 2.81 bits per heavy atom. The summed E-state index contributed by atoms with van der Waals surface area (Å²) in [5.41, 5.74) is 2.61. The van der Waals surface area contributed by atoms with Crippen LogP contribution in [0, 0.1) is 0 Å². The predicted molar refractivity (Wildman–Crippen MR) is 60.2 cm³/mol. The second kappa shape index (κ2) is 4.00. The lowest BCUT2D eigenvalue weighted by molar-refractivity contribution is -0.143. The average molecular weight is 218 g/mol. The Balaban J connectivity index is 2.06. The first kappa shape index (κ1) is 10.7. The molecule has 1 aromatic rings. The topological polar surface area (TPSA) is 46.5 Å². The first-order chi connectivity index (χ1) is 7.56. The van der Waals surface area contributed by atoms with E-state index in [1.807, 2.05) is 6.07 Å². The van der Waals surface area contributed by atoms with Crippen molar-refractivity contribution in [3.05, 3.63) is 41.5 Å². The maximum atomic E-state index is 11.3. The minimum absolute atomic E-state index is 0.124. The van der Waals surface area contributed by atoms with Crippen LogP contribution in [-0.2, 0) is 22.4 Å². The standard InChI is InChI=1S/C13H14O3/c1-8(2)13(15)16-12-6-9-3-4-11(14)5-10(9)7-12/h3-5,12,14H,1,6-7H2,2H3. The number of aromatic hydroxyl groups is 1. The number of ether oxygens (including phenoxy) is 1. The number of hydrogen-bond donors (Lipinski definition) is 1. The van der Waals surface area contributed by atoms with Crippen LogP contribution in [0.25, 0.3) is 0 Å². The van der Waals surface area contributed by atoms with Crippen molar-refractivity contribution in [1.82, 2.24) is 0 Å². The number of carbonyl (C=O) groups is 1. The molecule has 2 rings (SSSR count). The predicted octanol–water partition coefficient (Wildman–Crippen LogP) is 1.98. The molecule has 3 heteroatoms. The number of carbonyl (C=O) groups excluding carboxylic acids is 1. The third-order valence-electron chi connectivity index (χ3n) is 2.71. The molecule has 1 N–H and O–H groups in total. The molecule has 1 unspecified atom stereocenters. The van der Waals surface area contributed by atoms with Gasteiger partial charge in [-0.25, -0.2) is 4.79 Å². The van der Waals surface area contributed by atoms with Crippen LogP contribution >= 0.6 is 0 Å². The van der Waals surface area contributed by atoms with Crippen LogP contribution in [0.15, 0.2) is 30.4 Å². The maximum Gasteiger partial charge on any atom is 0.333 e. The molecule has 0 saturated heterocycles. The quantitative estimate of drug-likeness (QED) is 0.610. The highest BCUT2D eigenvalue weighted by atomic mass is 16.5. The SMILES string of the molecule is C=C(C)C(=O)OC1Cc2ccc(O)cc2C1. The molecule has 1 atom stereocenters. The van der Waals surface area contributed by atoms with Crippen LogP contribution in [0.1, 0.15) is 18.1 Å². The monoisotopic (exact) mass is 218 g/mol. The van der Waals surface area contributed by atoms with Crippen molar-refractivity contribution in [1.29, 1.82) is 0 Å². The fourth-order valence-corrected chi connectivity index (χ4v) is 1.90. The first-order valence-electron chi connectivity index (χ1n) is 5.23. The molecule has 3 nitrogen and oxygen atoms in total. The summed E-state index contributed by atoms with van der Waals surface area (Å²) < 4.78 is 5.27. The smallest absolute Gasteiger partial charge is 0.333 e. The first-order valence-corrected chi connectivity index (χ1v) is 5.23. The minimum Gasteiger partial charge on any atom is -0.508 e.